The van der Waals surface area contributed by atoms with Gasteiger partial charge in [-0.25, -0.2) is 0 Å². The smallest absolute Gasteiger partial charge is 0.326 e. The van der Waals surface area contributed by atoms with Crippen LogP contribution in [-0.4, -0.2) is 23.1 Å². The van der Waals surface area contributed by atoms with Gasteiger partial charge in [-0.05, 0) is 44.2 Å². The number of benzene rings is 2. The second-order valence-electron chi connectivity index (χ2n) is 5.67. The molecule has 3 rings (SSSR count). The Morgan fingerprint density at radius 3 is 2.62 bits per heavy atom. The molecule has 0 aliphatic heterocycles. The van der Waals surface area contributed by atoms with Crippen LogP contribution in [0.2, 0.25) is 5.02 Å². The molecular weight excluding hydrogens is 372 g/mol. The molecule has 1 amide bonds. The second-order valence-corrected chi connectivity index (χ2v) is 7.12. The van der Waals surface area contributed by atoms with Gasteiger partial charge in [0.1, 0.15) is 6.54 Å². The van der Waals surface area contributed by atoms with Gasteiger partial charge < -0.3 is 9.30 Å². The highest BCUT2D eigenvalue weighted by molar-refractivity contribution is 7.16. The molecule has 3 aromatic rings. The van der Waals surface area contributed by atoms with E-state index < -0.39 is 5.97 Å². The zero-order chi connectivity index (χ0) is 18.7. The zero-order valence-corrected chi connectivity index (χ0v) is 15.9. The molecule has 0 bridgehead atoms. The van der Waals surface area contributed by atoms with Crippen molar-refractivity contribution in [3.05, 3.63) is 63.4 Å². The van der Waals surface area contributed by atoms with Gasteiger partial charge in [-0.15, -0.1) is 0 Å². The molecule has 0 N–H and O–H groups in total. The number of amides is 1. The third-order valence-corrected chi connectivity index (χ3v) is 5.03. The molecule has 0 unspecified atom stereocenters. The quantitative estimate of drug-likeness (QED) is 0.635. The topological polar surface area (TPSA) is 60.7 Å². The second kappa shape index (κ2) is 7.85. The minimum atomic E-state index is -0.392. The number of aryl methyl sites for hydroxylation is 1. The molecule has 1 heterocycles. The molecule has 0 fully saturated rings. The number of fused-ring (bicyclic) bond motifs is 1. The minimum absolute atomic E-state index is 0.0335. The summed E-state index contributed by atoms with van der Waals surface area (Å²) >= 11 is 7.42. The number of carbonyl (C=O) groups excluding carboxylic acids is 2. The van der Waals surface area contributed by atoms with Gasteiger partial charge in [0.2, 0.25) is 0 Å². The number of ether oxygens (including phenoxy) is 1. The summed E-state index contributed by atoms with van der Waals surface area (Å²) in [5.74, 6) is -0.753. The average Bonchev–Trinajstić information content (AvgIpc) is 2.92. The maximum atomic E-state index is 12.5. The molecule has 0 spiro atoms. The number of carbonyl (C=O) groups is 2. The SMILES string of the molecule is CCOC(=O)Cn1c(=NC(=O)c2ccc(C)cc2)sc2ccc(Cl)cc21. The molecule has 7 heteroatoms. The molecule has 0 saturated heterocycles. The fraction of sp³-hybridized carbons (Fsp3) is 0.211. The first-order valence-electron chi connectivity index (χ1n) is 8.08. The first kappa shape index (κ1) is 18.4. The summed E-state index contributed by atoms with van der Waals surface area (Å²) in [6.45, 7) is 3.96. The number of thiazole rings is 1. The Labute approximate surface area is 159 Å². The summed E-state index contributed by atoms with van der Waals surface area (Å²) in [6.07, 6.45) is 0. The van der Waals surface area contributed by atoms with Crippen LogP contribution in [0.3, 0.4) is 0 Å². The summed E-state index contributed by atoms with van der Waals surface area (Å²) in [7, 11) is 0. The summed E-state index contributed by atoms with van der Waals surface area (Å²) in [5, 5.41) is 0.546. The van der Waals surface area contributed by atoms with Crippen LogP contribution < -0.4 is 4.80 Å². The number of halogens is 1. The fourth-order valence-corrected chi connectivity index (χ4v) is 3.64. The average molecular weight is 389 g/mol. The first-order chi connectivity index (χ1) is 12.5. The predicted octanol–water partition coefficient (Wildman–Crippen LogP) is 3.97. The van der Waals surface area contributed by atoms with E-state index in [1.165, 1.54) is 11.3 Å². The molecular formula is C19H17ClN2O3S. The lowest BCUT2D eigenvalue weighted by Gasteiger charge is -2.05. The summed E-state index contributed by atoms with van der Waals surface area (Å²) in [5.41, 5.74) is 2.30. The molecule has 0 saturated carbocycles. The van der Waals surface area contributed by atoms with Gasteiger partial charge in [0, 0.05) is 10.6 Å². The maximum Gasteiger partial charge on any atom is 0.326 e. The largest absolute Gasteiger partial charge is 0.465 e. The number of hydrogen-bond acceptors (Lipinski definition) is 4. The van der Waals surface area contributed by atoms with Crippen LogP contribution in [0.25, 0.3) is 10.2 Å². The number of nitrogens with zero attached hydrogens (tertiary/aromatic N) is 2. The molecule has 0 atom stereocenters. The summed E-state index contributed by atoms with van der Waals surface area (Å²) in [4.78, 5) is 29.2. The van der Waals surface area contributed by atoms with Gasteiger partial charge in [-0.1, -0.05) is 40.6 Å². The predicted molar refractivity (Wildman–Crippen MR) is 103 cm³/mol. The van der Waals surface area contributed by atoms with Crippen molar-refractivity contribution in [2.45, 2.75) is 20.4 Å². The zero-order valence-electron chi connectivity index (χ0n) is 14.4. The molecule has 5 nitrogen and oxygen atoms in total. The van der Waals surface area contributed by atoms with Gasteiger partial charge in [0.15, 0.2) is 4.80 Å². The van der Waals surface area contributed by atoms with Crippen molar-refractivity contribution in [3.8, 4) is 0 Å². The van der Waals surface area contributed by atoms with Gasteiger partial charge in [-0.3, -0.25) is 9.59 Å². The standard InChI is InChI=1S/C19H17ClN2O3S/c1-3-25-17(23)11-22-15-10-14(20)8-9-16(15)26-19(22)21-18(24)13-6-4-12(2)5-7-13/h4-10H,3,11H2,1-2H3. The van der Waals surface area contributed by atoms with Crippen LogP contribution in [0.15, 0.2) is 47.5 Å². The van der Waals surface area contributed by atoms with Crippen molar-refractivity contribution >= 4 is 45.0 Å². The fourth-order valence-electron chi connectivity index (χ4n) is 2.46. The Bertz CT molecular complexity index is 1040. The van der Waals surface area contributed by atoms with Gasteiger partial charge in [0.05, 0.1) is 16.8 Å². The lowest BCUT2D eigenvalue weighted by atomic mass is 10.1. The number of aromatic nitrogens is 1. The van der Waals surface area contributed by atoms with Crippen molar-refractivity contribution in [2.75, 3.05) is 6.61 Å². The molecule has 26 heavy (non-hydrogen) atoms. The number of rotatable bonds is 4. The number of hydrogen-bond donors (Lipinski definition) is 0. The van der Waals surface area contributed by atoms with E-state index in [-0.39, 0.29) is 19.1 Å². The van der Waals surface area contributed by atoms with E-state index in [1.807, 2.05) is 25.1 Å². The van der Waals surface area contributed by atoms with Crippen molar-refractivity contribution < 1.29 is 14.3 Å². The van der Waals surface area contributed by atoms with E-state index in [4.69, 9.17) is 16.3 Å². The molecule has 0 aliphatic carbocycles. The number of esters is 1. The molecule has 134 valence electrons. The highest BCUT2D eigenvalue weighted by atomic mass is 35.5. The van der Waals surface area contributed by atoms with Gasteiger partial charge in [-0.2, -0.15) is 4.99 Å². The third-order valence-electron chi connectivity index (χ3n) is 3.73. The van der Waals surface area contributed by atoms with E-state index >= 15 is 0 Å². The normalized spacial score (nSPS) is 11.7. The van der Waals surface area contributed by atoms with E-state index in [0.29, 0.717) is 15.4 Å². The van der Waals surface area contributed by atoms with E-state index in [2.05, 4.69) is 4.99 Å². The van der Waals surface area contributed by atoms with Crippen molar-refractivity contribution in [2.24, 2.45) is 4.99 Å². The third kappa shape index (κ3) is 4.03. The minimum Gasteiger partial charge on any atom is -0.465 e. The first-order valence-corrected chi connectivity index (χ1v) is 9.27. The highest BCUT2D eigenvalue weighted by Gasteiger charge is 2.13. The van der Waals surface area contributed by atoms with E-state index in [1.54, 1.807) is 35.8 Å². The maximum absolute atomic E-state index is 12.5. The Kier molecular flexibility index (Phi) is 5.54. The molecule has 0 radical (unpaired) electrons. The van der Waals surface area contributed by atoms with Crippen LogP contribution in [0.5, 0.6) is 0 Å². The Balaban J connectivity index is 2.10. The van der Waals surface area contributed by atoms with Crippen molar-refractivity contribution in [1.82, 2.24) is 4.57 Å². The van der Waals surface area contributed by atoms with Crippen LogP contribution in [0.1, 0.15) is 22.8 Å². The monoisotopic (exact) mass is 388 g/mol. The van der Waals surface area contributed by atoms with E-state index in [9.17, 15) is 9.59 Å². The lowest BCUT2D eigenvalue weighted by Crippen LogP contribution is -2.23. The summed E-state index contributed by atoms with van der Waals surface area (Å²) < 4.78 is 7.58. The lowest BCUT2D eigenvalue weighted by molar-refractivity contribution is -0.143. The Morgan fingerprint density at radius 1 is 1.19 bits per heavy atom. The van der Waals surface area contributed by atoms with E-state index in [0.717, 1.165) is 15.8 Å². The van der Waals surface area contributed by atoms with Crippen LogP contribution in [-0.2, 0) is 16.1 Å². The van der Waals surface area contributed by atoms with Gasteiger partial charge in [0.25, 0.3) is 5.91 Å². The molecule has 0 aliphatic rings. The van der Waals surface area contributed by atoms with Crippen molar-refractivity contribution in [1.29, 1.82) is 0 Å². The molecule has 2 aromatic carbocycles. The Morgan fingerprint density at radius 2 is 1.92 bits per heavy atom. The summed E-state index contributed by atoms with van der Waals surface area (Å²) in [6, 6.07) is 12.6. The van der Waals surface area contributed by atoms with Crippen LogP contribution in [0.4, 0.5) is 0 Å². The van der Waals surface area contributed by atoms with Gasteiger partial charge >= 0.3 is 5.97 Å². The van der Waals surface area contributed by atoms with Crippen molar-refractivity contribution in [3.63, 3.8) is 0 Å². The van der Waals surface area contributed by atoms with Crippen LogP contribution in [0, 0.1) is 6.92 Å². The highest BCUT2D eigenvalue weighted by Crippen LogP contribution is 2.22. The molecule has 1 aromatic heterocycles. The van der Waals surface area contributed by atoms with Crippen LogP contribution >= 0.6 is 22.9 Å². The Hall–Kier alpha value is -2.44.